The molecular weight excluding hydrogens is 366 g/mol. The molecular formula is C19H20N3O4S+. The molecule has 0 fully saturated rings. The van der Waals surface area contributed by atoms with Crippen molar-refractivity contribution in [3.05, 3.63) is 82.2 Å². The number of nitrogens with zero attached hydrogens (tertiary/aromatic N) is 2. The third-order valence-electron chi connectivity index (χ3n) is 3.83. The van der Waals surface area contributed by atoms with Gasteiger partial charge in [0.2, 0.25) is 0 Å². The number of hydrogen-bond acceptors (Lipinski definition) is 5. The van der Waals surface area contributed by atoms with Gasteiger partial charge in [-0.15, -0.1) is 6.58 Å². The first-order valence-electron chi connectivity index (χ1n) is 8.08. The van der Waals surface area contributed by atoms with Gasteiger partial charge in [-0.3, -0.25) is 10.1 Å². The van der Waals surface area contributed by atoms with Crippen molar-refractivity contribution in [2.75, 3.05) is 6.54 Å². The Balaban J connectivity index is 2.66. The van der Waals surface area contributed by atoms with E-state index < -0.39 is 4.92 Å². The average molecular weight is 386 g/mol. The van der Waals surface area contributed by atoms with Crippen LogP contribution in [-0.4, -0.2) is 26.7 Å². The zero-order valence-electron chi connectivity index (χ0n) is 14.8. The molecule has 3 N–H and O–H groups in total. The fourth-order valence-corrected chi connectivity index (χ4v) is 2.73. The maximum absolute atomic E-state index is 11.2. The third kappa shape index (κ3) is 4.75. The van der Waals surface area contributed by atoms with E-state index >= 15 is 0 Å². The molecule has 0 amide bonds. The Hall–Kier alpha value is -3.10. The van der Waals surface area contributed by atoms with Gasteiger partial charge in [-0.25, -0.2) is 0 Å². The van der Waals surface area contributed by atoms with Crippen LogP contribution in [0.5, 0.6) is 0 Å². The predicted octanol–water partition coefficient (Wildman–Crippen LogP) is 2.67. The molecule has 0 aliphatic rings. The van der Waals surface area contributed by atoms with Crippen LogP contribution in [0.4, 0.5) is 5.69 Å². The number of nitrogens with one attached hydrogen (secondary N) is 1. The maximum atomic E-state index is 11.2. The molecule has 0 aliphatic carbocycles. The van der Waals surface area contributed by atoms with Crippen molar-refractivity contribution in [2.24, 2.45) is 0 Å². The summed E-state index contributed by atoms with van der Waals surface area (Å²) < 4.78 is 1.56. The standard InChI is InChI=1S/C19H19N3O4S/c1-3-8-20-19(27)17(21-9-4-5-14(11-21)12-23)18(24)15-7-6-13(2)16(10-15)22(25)26/h3-7,9-11,23H,1,8,12H2,2H3,(H-,20,24,27)/p+1. The first kappa shape index (κ1) is 20.2. The number of thiocarbonyl (C=S) groups is 1. The molecule has 0 aliphatic heterocycles. The largest absolute Gasteiger partial charge is 0.502 e. The lowest BCUT2D eigenvalue weighted by Crippen LogP contribution is -2.41. The highest BCUT2D eigenvalue weighted by Gasteiger charge is 2.25. The number of aromatic nitrogens is 1. The second-order valence-electron chi connectivity index (χ2n) is 5.73. The molecule has 0 saturated heterocycles. The van der Waals surface area contributed by atoms with Crippen molar-refractivity contribution < 1.29 is 19.7 Å². The van der Waals surface area contributed by atoms with E-state index in [-0.39, 0.29) is 34.3 Å². The molecule has 8 heteroatoms. The SMILES string of the molecule is C=CCNC(=S)/C(=C(/O)c1ccc(C)c([N+](=O)[O-])c1)[n+]1cccc(CO)c1. The highest BCUT2D eigenvalue weighted by atomic mass is 32.1. The number of nitro groups is 1. The molecule has 1 aromatic carbocycles. The second-order valence-corrected chi connectivity index (χ2v) is 6.14. The van der Waals surface area contributed by atoms with Crippen molar-refractivity contribution in [3.63, 3.8) is 0 Å². The summed E-state index contributed by atoms with van der Waals surface area (Å²) in [6.45, 7) is 5.44. The van der Waals surface area contributed by atoms with Gasteiger partial charge >= 0.3 is 0 Å². The normalized spacial score (nSPS) is 11.5. The van der Waals surface area contributed by atoms with Crippen LogP contribution in [0.15, 0.2) is 55.4 Å². The molecule has 140 valence electrons. The van der Waals surface area contributed by atoms with Crippen LogP contribution < -0.4 is 9.88 Å². The lowest BCUT2D eigenvalue weighted by atomic mass is 10.1. The van der Waals surface area contributed by atoms with Gasteiger partial charge in [0.15, 0.2) is 23.1 Å². The number of rotatable bonds is 7. The quantitative estimate of drug-likeness (QED) is 0.129. The number of aliphatic hydroxyl groups is 2. The highest BCUT2D eigenvalue weighted by molar-refractivity contribution is 7.81. The Kier molecular flexibility index (Phi) is 6.75. The molecule has 0 saturated carbocycles. The van der Waals surface area contributed by atoms with Crippen LogP contribution >= 0.6 is 12.2 Å². The zero-order valence-corrected chi connectivity index (χ0v) is 15.6. The van der Waals surface area contributed by atoms with Gasteiger partial charge in [0, 0.05) is 35.4 Å². The molecule has 0 atom stereocenters. The topological polar surface area (TPSA) is 99.5 Å². The van der Waals surface area contributed by atoms with Gasteiger partial charge in [-0.05, 0) is 13.0 Å². The summed E-state index contributed by atoms with van der Waals surface area (Å²) in [5, 5.41) is 34.4. The molecule has 0 bridgehead atoms. The number of nitro benzene ring substituents is 1. The van der Waals surface area contributed by atoms with Gasteiger partial charge in [0.25, 0.3) is 11.4 Å². The van der Waals surface area contributed by atoms with Crippen molar-refractivity contribution >= 4 is 34.3 Å². The molecule has 0 radical (unpaired) electrons. The molecule has 7 nitrogen and oxygen atoms in total. The fourth-order valence-electron chi connectivity index (χ4n) is 2.44. The molecule has 0 unspecified atom stereocenters. The monoisotopic (exact) mass is 386 g/mol. The molecule has 2 rings (SSSR count). The van der Waals surface area contributed by atoms with E-state index in [1.165, 1.54) is 6.07 Å². The number of aryl methyl sites for hydroxylation is 1. The van der Waals surface area contributed by atoms with Gasteiger partial charge in [-0.2, -0.15) is 4.57 Å². The van der Waals surface area contributed by atoms with Gasteiger partial charge in [0.05, 0.1) is 11.5 Å². The molecule has 1 heterocycles. The first-order chi connectivity index (χ1) is 12.9. The highest BCUT2D eigenvalue weighted by Crippen LogP contribution is 2.25. The van der Waals surface area contributed by atoms with Crippen molar-refractivity contribution in [1.29, 1.82) is 0 Å². The fraction of sp³-hybridized carbons (Fsp3) is 0.158. The van der Waals surface area contributed by atoms with Crippen molar-refractivity contribution in [2.45, 2.75) is 13.5 Å². The second kappa shape index (κ2) is 9.02. The van der Waals surface area contributed by atoms with Crippen LogP contribution in [0.25, 0.3) is 11.5 Å². The summed E-state index contributed by atoms with van der Waals surface area (Å²) in [5.41, 5.74) is 1.49. The van der Waals surface area contributed by atoms with E-state index in [9.17, 15) is 20.3 Å². The average Bonchev–Trinajstić information content (AvgIpc) is 2.66. The summed E-state index contributed by atoms with van der Waals surface area (Å²) in [5.74, 6) is -0.222. The maximum Gasteiger partial charge on any atom is 0.288 e. The molecule has 2 aromatic rings. The summed E-state index contributed by atoms with van der Waals surface area (Å²) in [4.78, 5) is 11.0. The number of benzene rings is 1. The Morgan fingerprint density at radius 1 is 1.44 bits per heavy atom. The Labute approximate surface area is 162 Å². The van der Waals surface area contributed by atoms with Crippen LogP contribution in [0, 0.1) is 17.0 Å². The predicted molar refractivity (Wildman–Crippen MR) is 107 cm³/mol. The minimum absolute atomic E-state index is 0.0996. The Morgan fingerprint density at radius 2 is 2.19 bits per heavy atom. The molecule has 1 aromatic heterocycles. The van der Waals surface area contributed by atoms with Crippen LogP contribution in [-0.2, 0) is 6.61 Å². The van der Waals surface area contributed by atoms with Crippen LogP contribution in [0.1, 0.15) is 16.7 Å². The summed E-state index contributed by atoms with van der Waals surface area (Å²) >= 11 is 5.39. The van der Waals surface area contributed by atoms with Gasteiger partial charge in [0.1, 0.15) is 0 Å². The van der Waals surface area contributed by atoms with E-state index in [0.717, 1.165) is 0 Å². The van der Waals surface area contributed by atoms with Crippen LogP contribution in [0.2, 0.25) is 0 Å². The van der Waals surface area contributed by atoms with E-state index in [2.05, 4.69) is 11.9 Å². The Morgan fingerprint density at radius 3 is 2.81 bits per heavy atom. The van der Waals surface area contributed by atoms with Crippen molar-refractivity contribution in [3.8, 4) is 0 Å². The van der Waals surface area contributed by atoms with E-state index in [4.69, 9.17) is 12.2 Å². The van der Waals surface area contributed by atoms with Crippen LogP contribution in [0.3, 0.4) is 0 Å². The van der Waals surface area contributed by atoms with E-state index in [0.29, 0.717) is 17.7 Å². The molecule has 0 spiro atoms. The van der Waals surface area contributed by atoms with E-state index in [1.807, 2.05) is 0 Å². The number of aliphatic hydroxyl groups excluding tert-OH is 2. The van der Waals surface area contributed by atoms with E-state index in [1.54, 1.807) is 54.2 Å². The minimum atomic E-state index is -0.500. The smallest absolute Gasteiger partial charge is 0.288 e. The molecule has 27 heavy (non-hydrogen) atoms. The van der Waals surface area contributed by atoms with Gasteiger partial charge < -0.3 is 15.5 Å². The van der Waals surface area contributed by atoms with Gasteiger partial charge in [-0.1, -0.05) is 30.4 Å². The summed E-state index contributed by atoms with van der Waals surface area (Å²) in [7, 11) is 0. The zero-order chi connectivity index (χ0) is 20.0. The number of hydrogen-bond donors (Lipinski definition) is 3. The first-order valence-corrected chi connectivity index (χ1v) is 8.49. The lowest BCUT2D eigenvalue weighted by Gasteiger charge is -2.10. The Bertz CT molecular complexity index is 925. The summed E-state index contributed by atoms with van der Waals surface area (Å²) in [6.07, 6.45) is 4.90. The summed E-state index contributed by atoms with van der Waals surface area (Å²) in [6, 6.07) is 7.88. The van der Waals surface area contributed by atoms with Crippen molar-refractivity contribution in [1.82, 2.24) is 5.32 Å². The minimum Gasteiger partial charge on any atom is -0.502 e. The number of pyridine rings is 1. The third-order valence-corrected chi connectivity index (χ3v) is 4.17. The lowest BCUT2D eigenvalue weighted by molar-refractivity contribution is -0.576.